The lowest BCUT2D eigenvalue weighted by Crippen LogP contribution is -1.95. The maximum atomic E-state index is 12.3. The maximum Gasteiger partial charge on any atom is 0.189 e. The lowest BCUT2D eigenvalue weighted by atomic mass is 10.0. The van der Waals surface area contributed by atoms with Crippen molar-refractivity contribution >= 4 is 23.7 Å². The molecule has 0 aliphatic carbocycles. The average Bonchev–Trinajstić information content (AvgIpc) is 2.74. The van der Waals surface area contributed by atoms with Crippen molar-refractivity contribution in [2.45, 2.75) is 13.8 Å². The van der Waals surface area contributed by atoms with Gasteiger partial charge >= 0.3 is 0 Å². The van der Waals surface area contributed by atoms with E-state index in [4.69, 9.17) is 0 Å². The molecule has 30 heavy (non-hydrogen) atoms. The zero-order valence-corrected chi connectivity index (χ0v) is 16.8. The van der Waals surface area contributed by atoms with Gasteiger partial charge in [0.2, 0.25) is 0 Å². The van der Waals surface area contributed by atoms with Crippen molar-refractivity contribution in [1.29, 1.82) is 0 Å². The number of hydrogen-bond donors (Lipinski definition) is 2. The third-order valence-electron chi connectivity index (χ3n) is 4.63. The molecule has 2 N–H and O–H groups in total. The highest BCUT2D eigenvalue weighted by Gasteiger charge is 2.09. The van der Waals surface area contributed by atoms with Crippen molar-refractivity contribution in [2.24, 2.45) is 0 Å². The molecule has 0 radical (unpaired) electrons. The molecule has 150 valence electrons. The predicted octanol–water partition coefficient (Wildman–Crippen LogP) is 5.51. The second kappa shape index (κ2) is 9.05. The van der Waals surface area contributed by atoms with E-state index < -0.39 is 0 Å². The number of carbonyl (C=O) groups is 2. The van der Waals surface area contributed by atoms with E-state index in [1.165, 1.54) is 24.3 Å². The number of allylic oxidation sites excluding steroid dienone is 2. The van der Waals surface area contributed by atoms with Gasteiger partial charge in [-0.05, 0) is 61.4 Å². The molecule has 0 aromatic heterocycles. The summed E-state index contributed by atoms with van der Waals surface area (Å²) in [4.78, 5) is 24.6. The Bertz CT molecular complexity index is 1060. The van der Waals surface area contributed by atoms with Gasteiger partial charge in [0, 0.05) is 0 Å². The Labute approximate surface area is 175 Å². The van der Waals surface area contributed by atoms with E-state index in [0.29, 0.717) is 0 Å². The molecule has 0 atom stereocenters. The van der Waals surface area contributed by atoms with Crippen LogP contribution in [0.15, 0.2) is 72.8 Å². The van der Waals surface area contributed by atoms with Crippen LogP contribution in [0, 0.1) is 13.8 Å². The molecule has 4 nitrogen and oxygen atoms in total. The second-order valence-corrected chi connectivity index (χ2v) is 7.10. The third-order valence-corrected chi connectivity index (χ3v) is 4.63. The molecule has 0 aliphatic heterocycles. The van der Waals surface area contributed by atoms with Gasteiger partial charge in [-0.25, -0.2) is 0 Å². The van der Waals surface area contributed by atoms with Gasteiger partial charge in [-0.15, -0.1) is 0 Å². The van der Waals surface area contributed by atoms with Gasteiger partial charge in [-0.3, -0.25) is 9.59 Å². The minimum absolute atomic E-state index is 0.0416. The summed E-state index contributed by atoms with van der Waals surface area (Å²) >= 11 is 0. The van der Waals surface area contributed by atoms with Crippen molar-refractivity contribution in [3.63, 3.8) is 0 Å². The van der Waals surface area contributed by atoms with Crippen LogP contribution in [0.4, 0.5) is 0 Å². The predicted molar refractivity (Wildman–Crippen MR) is 119 cm³/mol. The first kappa shape index (κ1) is 20.8. The zero-order valence-electron chi connectivity index (χ0n) is 16.8. The van der Waals surface area contributed by atoms with Crippen molar-refractivity contribution < 1.29 is 19.8 Å². The van der Waals surface area contributed by atoms with E-state index in [1.54, 1.807) is 36.4 Å². The SMILES string of the molecule is Cc1ccc(O)c(C(=O)C=Cc2ccc(C=CC(=O)c3cc(C)ccc3O)cc2)c1. The van der Waals surface area contributed by atoms with E-state index in [2.05, 4.69) is 0 Å². The van der Waals surface area contributed by atoms with Gasteiger partial charge in [0.05, 0.1) is 11.1 Å². The standard InChI is InChI=1S/C26H22O4/c1-17-3-11-23(27)21(15-17)25(29)13-9-19-5-7-20(8-6-19)10-14-26(30)22-16-18(2)4-12-24(22)28/h3-16,27-28H,1-2H3. The summed E-state index contributed by atoms with van der Waals surface area (Å²) in [7, 11) is 0. The molecule has 0 amide bonds. The highest BCUT2D eigenvalue weighted by molar-refractivity contribution is 6.09. The van der Waals surface area contributed by atoms with Crippen molar-refractivity contribution in [3.05, 3.63) is 106 Å². The molecule has 0 aliphatic rings. The summed E-state index contributed by atoms with van der Waals surface area (Å²) in [6, 6.07) is 17.1. The number of hydrogen-bond acceptors (Lipinski definition) is 4. The van der Waals surface area contributed by atoms with Gasteiger partial charge < -0.3 is 10.2 Å². The average molecular weight is 398 g/mol. The fourth-order valence-electron chi connectivity index (χ4n) is 2.94. The Morgan fingerprint density at radius 3 is 1.37 bits per heavy atom. The summed E-state index contributed by atoms with van der Waals surface area (Å²) in [6.07, 6.45) is 6.19. The Hall–Kier alpha value is -3.92. The van der Waals surface area contributed by atoms with Crippen LogP contribution in [0.5, 0.6) is 11.5 Å². The molecule has 0 unspecified atom stereocenters. The zero-order chi connectivity index (χ0) is 21.7. The van der Waals surface area contributed by atoms with E-state index in [9.17, 15) is 19.8 Å². The van der Waals surface area contributed by atoms with E-state index >= 15 is 0 Å². The first-order valence-electron chi connectivity index (χ1n) is 9.47. The second-order valence-electron chi connectivity index (χ2n) is 7.10. The van der Waals surface area contributed by atoms with Crippen LogP contribution in [-0.4, -0.2) is 21.8 Å². The molecule has 4 heteroatoms. The summed E-state index contributed by atoms with van der Waals surface area (Å²) in [6.45, 7) is 3.72. The molecule has 0 bridgehead atoms. The topological polar surface area (TPSA) is 74.6 Å². The molecule has 0 spiro atoms. The van der Waals surface area contributed by atoms with Gasteiger partial charge in [0.1, 0.15) is 11.5 Å². The van der Waals surface area contributed by atoms with Crippen LogP contribution in [0.2, 0.25) is 0 Å². The van der Waals surface area contributed by atoms with Gasteiger partial charge in [-0.1, -0.05) is 59.7 Å². The Balaban J connectivity index is 1.69. The van der Waals surface area contributed by atoms with Gasteiger partial charge in [-0.2, -0.15) is 0 Å². The normalized spacial score (nSPS) is 11.3. The van der Waals surface area contributed by atoms with Crippen LogP contribution in [-0.2, 0) is 0 Å². The number of benzene rings is 3. The molecular formula is C26H22O4. The van der Waals surface area contributed by atoms with Gasteiger partial charge in [0.15, 0.2) is 11.6 Å². The minimum atomic E-state index is -0.274. The van der Waals surface area contributed by atoms with E-state index in [1.807, 2.05) is 38.1 Å². The largest absolute Gasteiger partial charge is 0.507 e. The first-order valence-corrected chi connectivity index (χ1v) is 9.47. The molecular weight excluding hydrogens is 376 g/mol. The molecule has 3 rings (SSSR count). The lowest BCUT2D eigenvalue weighted by Gasteiger charge is -2.02. The number of rotatable bonds is 6. The number of aromatic hydroxyl groups is 2. The quantitative estimate of drug-likeness (QED) is 0.424. The summed E-state index contributed by atoms with van der Waals surface area (Å²) < 4.78 is 0. The number of aryl methyl sites for hydroxylation is 2. The number of carbonyl (C=O) groups excluding carboxylic acids is 2. The van der Waals surface area contributed by atoms with Crippen molar-refractivity contribution in [1.82, 2.24) is 0 Å². The number of phenolic OH excluding ortho intramolecular Hbond substituents is 2. The Kier molecular flexibility index (Phi) is 6.28. The van der Waals surface area contributed by atoms with Crippen LogP contribution >= 0.6 is 0 Å². The van der Waals surface area contributed by atoms with Gasteiger partial charge in [0.25, 0.3) is 0 Å². The summed E-state index contributed by atoms with van der Waals surface area (Å²) in [5.74, 6) is -0.632. The van der Waals surface area contributed by atoms with E-state index in [-0.39, 0.29) is 34.2 Å². The fraction of sp³-hybridized carbons (Fsp3) is 0.0769. The molecule has 0 saturated heterocycles. The highest BCUT2D eigenvalue weighted by atomic mass is 16.3. The van der Waals surface area contributed by atoms with Crippen LogP contribution in [0.3, 0.4) is 0 Å². The third kappa shape index (κ3) is 5.11. The Morgan fingerprint density at radius 2 is 1.00 bits per heavy atom. The fourth-order valence-corrected chi connectivity index (χ4v) is 2.94. The molecule has 3 aromatic carbocycles. The highest BCUT2D eigenvalue weighted by Crippen LogP contribution is 2.21. The van der Waals surface area contributed by atoms with Crippen LogP contribution in [0.25, 0.3) is 12.2 Å². The molecule has 0 fully saturated rings. The first-order chi connectivity index (χ1) is 14.3. The van der Waals surface area contributed by atoms with Crippen LogP contribution in [0.1, 0.15) is 43.0 Å². The lowest BCUT2D eigenvalue weighted by molar-refractivity contribution is 0.103. The smallest absolute Gasteiger partial charge is 0.189 e. The number of phenols is 2. The van der Waals surface area contributed by atoms with Crippen molar-refractivity contribution in [3.8, 4) is 11.5 Å². The minimum Gasteiger partial charge on any atom is -0.507 e. The maximum absolute atomic E-state index is 12.3. The monoisotopic (exact) mass is 398 g/mol. The summed E-state index contributed by atoms with van der Waals surface area (Å²) in [5.41, 5.74) is 3.96. The Morgan fingerprint density at radius 1 is 0.633 bits per heavy atom. The summed E-state index contributed by atoms with van der Waals surface area (Å²) in [5, 5.41) is 19.7. The van der Waals surface area contributed by atoms with Crippen LogP contribution < -0.4 is 0 Å². The van der Waals surface area contributed by atoms with E-state index in [0.717, 1.165) is 22.3 Å². The molecule has 0 saturated carbocycles. The molecule has 3 aromatic rings. The van der Waals surface area contributed by atoms with Crippen molar-refractivity contribution in [2.75, 3.05) is 0 Å². The number of ketones is 2. The molecule has 0 heterocycles.